The first kappa shape index (κ1) is 12.3. The zero-order chi connectivity index (χ0) is 13.6. The van der Waals surface area contributed by atoms with Crippen LogP contribution in [0.1, 0.15) is 48.7 Å². The number of aromatic nitrogens is 1. The van der Waals surface area contributed by atoms with Gasteiger partial charge in [0.15, 0.2) is 0 Å². The fourth-order valence-corrected chi connectivity index (χ4v) is 2.75. The molecule has 3 nitrogen and oxygen atoms in total. The third kappa shape index (κ3) is 2.14. The van der Waals surface area contributed by atoms with Gasteiger partial charge in [-0.2, -0.15) is 0 Å². The maximum Gasteiger partial charge on any atom is 0.352 e. The third-order valence-electron chi connectivity index (χ3n) is 3.93. The van der Waals surface area contributed by atoms with Gasteiger partial charge in [0.25, 0.3) is 0 Å². The molecule has 1 heterocycles. The number of hydrogen-bond acceptors (Lipinski definition) is 1. The van der Waals surface area contributed by atoms with E-state index < -0.39 is 5.97 Å². The topological polar surface area (TPSA) is 42.2 Å². The number of fused-ring (bicyclic) bond motifs is 1. The van der Waals surface area contributed by atoms with E-state index in [1.54, 1.807) is 0 Å². The summed E-state index contributed by atoms with van der Waals surface area (Å²) in [5.41, 5.74) is 2.78. The molecule has 3 heteroatoms. The van der Waals surface area contributed by atoms with Gasteiger partial charge in [-0.1, -0.05) is 32.0 Å². The van der Waals surface area contributed by atoms with Crippen LogP contribution < -0.4 is 0 Å². The van der Waals surface area contributed by atoms with Gasteiger partial charge in [-0.3, -0.25) is 0 Å². The molecule has 0 unspecified atom stereocenters. The molecule has 100 valence electrons. The molecule has 1 aromatic carbocycles. The number of rotatable bonds is 4. The zero-order valence-corrected chi connectivity index (χ0v) is 11.4. The lowest BCUT2D eigenvalue weighted by molar-refractivity contribution is 0.0685. The highest BCUT2D eigenvalue weighted by Crippen LogP contribution is 2.35. The van der Waals surface area contributed by atoms with Gasteiger partial charge < -0.3 is 9.67 Å². The van der Waals surface area contributed by atoms with E-state index in [1.165, 1.54) is 18.4 Å². The molecule has 1 aromatic heterocycles. The number of aromatic carboxylic acids is 1. The third-order valence-corrected chi connectivity index (χ3v) is 3.93. The molecule has 1 fully saturated rings. The van der Waals surface area contributed by atoms with Crippen LogP contribution in [-0.2, 0) is 6.54 Å². The number of hydrogen-bond donors (Lipinski definition) is 1. The lowest BCUT2D eigenvalue weighted by Gasteiger charge is -2.13. The Labute approximate surface area is 112 Å². The summed E-state index contributed by atoms with van der Waals surface area (Å²) in [6.45, 7) is 5.15. The van der Waals surface area contributed by atoms with Gasteiger partial charge in [0.2, 0.25) is 0 Å². The Kier molecular flexibility index (Phi) is 2.85. The second-order valence-electron chi connectivity index (χ2n) is 5.83. The summed E-state index contributed by atoms with van der Waals surface area (Å²) < 4.78 is 2.02. The van der Waals surface area contributed by atoms with E-state index in [4.69, 9.17) is 0 Å². The van der Waals surface area contributed by atoms with E-state index in [1.807, 2.05) is 22.8 Å². The van der Waals surface area contributed by atoms with Crippen LogP contribution in [0.25, 0.3) is 10.9 Å². The number of benzene rings is 1. The number of carboxylic acids is 1. The first-order valence-corrected chi connectivity index (χ1v) is 6.93. The molecule has 3 rings (SSSR count). The smallest absolute Gasteiger partial charge is 0.352 e. The fraction of sp³-hybridized carbons (Fsp3) is 0.438. The molecular weight excluding hydrogens is 238 g/mol. The largest absolute Gasteiger partial charge is 0.477 e. The van der Waals surface area contributed by atoms with E-state index in [9.17, 15) is 9.90 Å². The Hall–Kier alpha value is -1.77. The van der Waals surface area contributed by atoms with Gasteiger partial charge >= 0.3 is 5.97 Å². The van der Waals surface area contributed by atoms with Crippen molar-refractivity contribution in [3.05, 3.63) is 35.5 Å². The van der Waals surface area contributed by atoms with Crippen LogP contribution in [0.2, 0.25) is 0 Å². The highest BCUT2D eigenvalue weighted by Gasteiger charge is 2.26. The van der Waals surface area contributed by atoms with E-state index >= 15 is 0 Å². The summed E-state index contributed by atoms with van der Waals surface area (Å²) in [5.74, 6) is 0.235. The summed E-state index contributed by atoms with van der Waals surface area (Å²) >= 11 is 0. The van der Waals surface area contributed by atoms with Crippen molar-refractivity contribution in [3.8, 4) is 0 Å². The Morgan fingerprint density at radius 1 is 1.42 bits per heavy atom. The molecule has 1 saturated carbocycles. The van der Waals surface area contributed by atoms with Crippen molar-refractivity contribution in [3.63, 3.8) is 0 Å². The van der Waals surface area contributed by atoms with E-state index in [-0.39, 0.29) is 0 Å². The second kappa shape index (κ2) is 4.41. The van der Waals surface area contributed by atoms with Crippen molar-refractivity contribution in [1.82, 2.24) is 4.57 Å². The van der Waals surface area contributed by atoms with Crippen LogP contribution in [0.15, 0.2) is 24.3 Å². The van der Waals surface area contributed by atoms with Gasteiger partial charge in [0.1, 0.15) is 5.69 Å². The zero-order valence-electron chi connectivity index (χ0n) is 11.4. The van der Waals surface area contributed by atoms with Crippen LogP contribution in [0.4, 0.5) is 0 Å². The van der Waals surface area contributed by atoms with Gasteiger partial charge in [-0.05, 0) is 36.3 Å². The lowest BCUT2D eigenvalue weighted by atomic mass is 10.0. The highest BCUT2D eigenvalue weighted by atomic mass is 16.4. The first-order valence-electron chi connectivity index (χ1n) is 6.93. The van der Waals surface area contributed by atoms with Crippen LogP contribution >= 0.6 is 0 Å². The standard InChI is InChI=1S/C16H19NO2/c1-10(2)13-5-3-4-12-8-14(16(18)19)17(15(12)13)9-11-6-7-11/h3-5,8,10-11H,6-7,9H2,1-2H3,(H,18,19). The maximum absolute atomic E-state index is 11.5. The minimum Gasteiger partial charge on any atom is -0.477 e. The van der Waals surface area contributed by atoms with Gasteiger partial charge in [-0.15, -0.1) is 0 Å². The molecule has 0 saturated heterocycles. The lowest BCUT2D eigenvalue weighted by Crippen LogP contribution is -2.10. The normalized spacial score (nSPS) is 15.3. The summed E-state index contributed by atoms with van der Waals surface area (Å²) in [6.07, 6.45) is 2.45. The molecule has 1 aliphatic rings. The number of nitrogens with zero attached hydrogens (tertiary/aromatic N) is 1. The average molecular weight is 257 g/mol. The molecule has 0 amide bonds. The molecular formula is C16H19NO2. The average Bonchev–Trinajstić information content (AvgIpc) is 3.09. The van der Waals surface area contributed by atoms with Crippen molar-refractivity contribution in [2.75, 3.05) is 0 Å². The van der Waals surface area contributed by atoms with Crippen LogP contribution in [0, 0.1) is 5.92 Å². The minimum atomic E-state index is -0.827. The summed E-state index contributed by atoms with van der Waals surface area (Å²) in [4.78, 5) is 11.5. The number of carboxylic acid groups (broad SMARTS) is 1. The molecule has 0 radical (unpaired) electrons. The Morgan fingerprint density at radius 2 is 2.16 bits per heavy atom. The van der Waals surface area contributed by atoms with Crippen LogP contribution in [0.3, 0.4) is 0 Å². The molecule has 0 spiro atoms. The van der Waals surface area contributed by atoms with Crippen LogP contribution in [0.5, 0.6) is 0 Å². The Bertz CT molecular complexity index is 635. The van der Waals surface area contributed by atoms with E-state index in [0.29, 0.717) is 17.5 Å². The molecule has 0 bridgehead atoms. The highest BCUT2D eigenvalue weighted by molar-refractivity contribution is 5.96. The van der Waals surface area contributed by atoms with Crippen molar-refractivity contribution in [2.24, 2.45) is 5.92 Å². The van der Waals surface area contributed by atoms with E-state index in [2.05, 4.69) is 19.9 Å². The molecule has 2 aromatic rings. The van der Waals surface area contributed by atoms with Crippen LogP contribution in [-0.4, -0.2) is 15.6 Å². The Morgan fingerprint density at radius 3 is 2.74 bits per heavy atom. The molecule has 1 aliphatic carbocycles. The second-order valence-corrected chi connectivity index (χ2v) is 5.83. The number of para-hydroxylation sites is 1. The summed E-state index contributed by atoms with van der Waals surface area (Å²) in [6, 6.07) is 7.95. The molecule has 1 N–H and O–H groups in total. The molecule has 0 aliphatic heterocycles. The Balaban J connectivity index is 2.25. The van der Waals surface area contributed by atoms with Crippen molar-refractivity contribution >= 4 is 16.9 Å². The summed E-state index contributed by atoms with van der Waals surface area (Å²) in [7, 11) is 0. The monoisotopic (exact) mass is 257 g/mol. The minimum absolute atomic E-state index is 0.401. The maximum atomic E-state index is 11.5. The SMILES string of the molecule is CC(C)c1cccc2cc(C(=O)O)n(CC3CC3)c12. The first-order chi connectivity index (χ1) is 9.08. The summed E-state index contributed by atoms with van der Waals surface area (Å²) in [5, 5.41) is 10.5. The predicted octanol–water partition coefficient (Wildman–Crippen LogP) is 3.87. The predicted molar refractivity (Wildman–Crippen MR) is 75.7 cm³/mol. The number of carbonyl (C=O) groups is 1. The fourth-order valence-electron chi connectivity index (χ4n) is 2.75. The quantitative estimate of drug-likeness (QED) is 0.903. The van der Waals surface area contributed by atoms with E-state index in [0.717, 1.165) is 17.4 Å². The van der Waals surface area contributed by atoms with Crippen molar-refractivity contribution in [1.29, 1.82) is 0 Å². The van der Waals surface area contributed by atoms with Gasteiger partial charge in [0, 0.05) is 11.9 Å². The van der Waals surface area contributed by atoms with Gasteiger partial charge in [0.05, 0.1) is 5.52 Å². The van der Waals surface area contributed by atoms with Crippen molar-refractivity contribution < 1.29 is 9.90 Å². The molecule has 0 atom stereocenters. The van der Waals surface area contributed by atoms with Gasteiger partial charge in [-0.25, -0.2) is 4.79 Å². The van der Waals surface area contributed by atoms with Crippen molar-refractivity contribution in [2.45, 2.75) is 39.2 Å². The molecule has 19 heavy (non-hydrogen) atoms.